The van der Waals surface area contributed by atoms with E-state index in [1.54, 1.807) is 0 Å². The summed E-state index contributed by atoms with van der Waals surface area (Å²) < 4.78 is 6.89. The second-order valence-corrected chi connectivity index (χ2v) is 6.34. The summed E-state index contributed by atoms with van der Waals surface area (Å²) in [5.41, 5.74) is 0.980. The first-order chi connectivity index (χ1) is 11.1. The molecule has 0 aliphatic heterocycles. The minimum atomic E-state index is -0.358. The predicted molar refractivity (Wildman–Crippen MR) is 86.1 cm³/mol. The van der Waals surface area contributed by atoms with Gasteiger partial charge in [0.05, 0.1) is 10.6 Å². The van der Waals surface area contributed by atoms with Crippen molar-refractivity contribution in [3.8, 4) is 10.7 Å². The van der Waals surface area contributed by atoms with Crippen LogP contribution in [-0.4, -0.2) is 32.4 Å². The second-order valence-electron chi connectivity index (χ2n) is 5.39. The third kappa shape index (κ3) is 3.84. The van der Waals surface area contributed by atoms with Crippen LogP contribution in [0.1, 0.15) is 23.3 Å². The van der Waals surface area contributed by atoms with Crippen LogP contribution in [0.2, 0.25) is 0 Å². The molecule has 3 aromatic rings. The Kier molecular flexibility index (Phi) is 4.52. The van der Waals surface area contributed by atoms with E-state index in [2.05, 4.69) is 20.6 Å². The molecule has 0 bridgehead atoms. The molecule has 1 N–H and O–H groups in total. The fraction of sp³-hybridized carbons (Fsp3) is 0.333. The van der Waals surface area contributed by atoms with E-state index in [0.29, 0.717) is 12.4 Å². The summed E-state index contributed by atoms with van der Waals surface area (Å²) in [7, 11) is 0. The molecule has 0 saturated heterocycles. The van der Waals surface area contributed by atoms with Gasteiger partial charge in [0.2, 0.25) is 5.82 Å². The van der Waals surface area contributed by atoms with Crippen LogP contribution in [0.25, 0.3) is 10.7 Å². The Balaban J connectivity index is 1.53. The number of nitrogens with zero attached hydrogens (tertiary/aromatic N) is 4. The highest BCUT2D eigenvalue weighted by atomic mass is 32.1. The molecule has 0 radical (unpaired) electrons. The summed E-state index contributed by atoms with van der Waals surface area (Å²) in [6, 6.07) is 5.73. The van der Waals surface area contributed by atoms with E-state index in [-0.39, 0.29) is 17.7 Å². The van der Waals surface area contributed by atoms with E-state index >= 15 is 0 Å². The van der Waals surface area contributed by atoms with Crippen molar-refractivity contribution in [3.05, 3.63) is 41.4 Å². The molecule has 0 aromatic carbocycles. The van der Waals surface area contributed by atoms with Crippen molar-refractivity contribution in [3.63, 3.8) is 0 Å². The lowest BCUT2D eigenvalue weighted by Gasteiger charge is -2.11. The lowest BCUT2D eigenvalue weighted by atomic mass is 10.2. The van der Waals surface area contributed by atoms with E-state index < -0.39 is 0 Å². The van der Waals surface area contributed by atoms with E-state index in [9.17, 15) is 4.79 Å². The van der Waals surface area contributed by atoms with Gasteiger partial charge in [-0.05, 0) is 30.4 Å². The lowest BCUT2D eigenvalue weighted by Crippen LogP contribution is -2.30. The SMILES string of the molecule is Cc1ccn(CC(C)CNC(=O)c2nc(-c3cccs3)no2)n1. The van der Waals surface area contributed by atoms with Crippen molar-refractivity contribution in [1.82, 2.24) is 25.2 Å². The fourth-order valence-electron chi connectivity index (χ4n) is 2.11. The molecule has 0 aliphatic carbocycles. The average Bonchev–Trinajstić information content (AvgIpc) is 3.25. The van der Waals surface area contributed by atoms with Crippen LogP contribution in [0.5, 0.6) is 0 Å². The first-order valence-corrected chi connectivity index (χ1v) is 8.15. The number of aryl methyl sites for hydroxylation is 1. The molecule has 1 amide bonds. The molecule has 0 fully saturated rings. The van der Waals surface area contributed by atoms with Crippen molar-refractivity contribution in [2.24, 2.45) is 5.92 Å². The van der Waals surface area contributed by atoms with Gasteiger partial charge in [0.15, 0.2) is 0 Å². The van der Waals surface area contributed by atoms with Gasteiger partial charge in [0, 0.05) is 19.3 Å². The van der Waals surface area contributed by atoms with Gasteiger partial charge in [-0.15, -0.1) is 11.3 Å². The minimum Gasteiger partial charge on any atom is -0.347 e. The molecule has 1 unspecified atom stereocenters. The van der Waals surface area contributed by atoms with Crippen molar-refractivity contribution in [2.75, 3.05) is 6.54 Å². The molecule has 3 aromatic heterocycles. The molecule has 0 saturated carbocycles. The van der Waals surface area contributed by atoms with Crippen LogP contribution >= 0.6 is 11.3 Å². The highest BCUT2D eigenvalue weighted by Gasteiger charge is 2.17. The zero-order chi connectivity index (χ0) is 16.2. The van der Waals surface area contributed by atoms with Crippen LogP contribution in [0.4, 0.5) is 0 Å². The number of rotatable bonds is 6. The first-order valence-electron chi connectivity index (χ1n) is 7.27. The number of carbonyl (C=O) groups excluding carboxylic acids is 1. The molecule has 0 spiro atoms. The van der Waals surface area contributed by atoms with Gasteiger partial charge >= 0.3 is 11.8 Å². The maximum atomic E-state index is 12.1. The van der Waals surface area contributed by atoms with Crippen LogP contribution in [0, 0.1) is 12.8 Å². The van der Waals surface area contributed by atoms with Gasteiger partial charge < -0.3 is 9.84 Å². The van der Waals surface area contributed by atoms with E-state index in [1.165, 1.54) is 11.3 Å². The molecular formula is C15H17N5O2S. The van der Waals surface area contributed by atoms with Gasteiger partial charge in [-0.3, -0.25) is 9.48 Å². The van der Waals surface area contributed by atoms with Gasteiger partial charge in [-0.25, -0.2) is 0 Å². The zero-order valence-electron chi connectivity index (χ0n) is 12.9. The third-order valence-corrected chi connectivity index (χ3v) is 4.11. The topological polar surface area (TPSA) is 85.8 Å². The van der Waals surface area contributed by atoms with E-state index in [1.807, 2.05) is 48.3 Å². The van der Waals surface area contributed by atoms with Crippen molar-refractivity contribution >= 4 is 17.2 Å². The Morgan fingerprint density at radius 1 is 1.48 bits per heavy atom. The number of thiophene rings is 1. The Labute approximate surface area is 137 Å². The average molecular weight is 331 g/mol. The summed E-state index contributed by atoms with van der Waals surface area (Å²) >= 11 is 1.50. The third-order valence-electron chi connectivity index (χ3n) is 3.25. The minimum absolute atomic E-state index is 0.0180. The van der Waals surface area contributed by atoms with Crippen LogP contribution < -0.4 is 5.32 Å². The van der Waals surface area contributed by atoms with Crippen LogP contribution in [0.15, 0.2) is 34.3 Å². The number of carbonyl (C=O) groups is 1. The summed E-state index contributed by atoms with van der Waals surface area (Å²) in [6.07, 6.45) is 1.93. The highest BCUT2D eigenvalue weighted by molar-refractivity contribution is 7.13. The Bertz CT molecular complexity index is 778. The molecule has 0 aliphatic rings. The van der Waals surface area contributed by atoms with E-state index in [4.69, 9.17) is 4.52 Å². The molecule has 3 rings (SSSR count). The number of hydrogen-bond donors (Lipinski definition) is 1. The molecule has 1 atom stereocenters. The Hall–Kier alpha value is -2.48. The standard InChI is InChI=1S/C15H17N5O2S/c1-10(9-20-6-5-11(2)18-20)8-16-14(21)15-17-13(19-22-15)12-4-3-7-23-12/h3-7,10H,8-9H2,1-2H3,(H,16,21). The number of nitrogens with one attached hydrogen (secondary N) is 1. The smallest absolute Gasteiger partial charge is 0.316 e. The normalized spacial score (nSPS) is 12.3. The largest absolute Gasteiger partial charge is 0.347 e. The predicted octanol–water partition coefficient (Wildman–Crippen LogP) is 2.37. The maximum absolute atomic E-state index is 12.1. The molecule has 7 nitrogen and oxygen atoms in total. The van der Waals surface area contributed by atoms with Gasteiger partial charge in [0.25, 0.3) is 0 Å². The van der Waals surface area contributed by atoms with Gasteiger partial charge in [-0.2, -0.15) is 10.1 Å². The number of aromatic nitrogens is 4. The zero-order valence-corrected chi connectivity index (χ0v) is 13.7. The highest BCUT2D eigenvalue weighted by Crippen LogP contribution is 2.21. The Morgan fingerprint density at radius 2 is 2.35 bits per heavy atom. The molecule has 23 heavy (non-hydrogen) atoms. The number of hydrogen-bond acceptors (Lipinski definition) is 6. The summed E-state index contributed by atoms with van der Waals surface area (Å²) in [5.74, 6) is 0.294. The quantitative estimate of drug-likeness (QED) is 0.749. The first kappa shape index (κ1) is 15.4. The fourth-order valence-corrected chi connectivity index (χ4v) is 2.76. The second kappa shape index (κ2) is 6.74. The molecular weight excluding hydrogens is 314 g/mol. The van der Waals surface area contributed by atoms with Gasteiger partial charge in [-0.1, -0.05) is 18.1 Å². The summed E-state index contributed by atoms with van der Waals surface area (Å²) in [4.78, 5) is 17.1. The van der Waals surface area contributed by atoms with Crippen molar-refractivity contribution in [2.45, 2.75) is 20.4 Å². The molecule has 8 heteroatoms. The lowest BCUT2D eigenvalue weighted by molar-refractivity contribution is 0.0902. The molecule has 120 valence electrons. The summed E-state index contributed by atoms with van der Waals surface area (Å²) in [5, 5.41) is 12.9. The van der Waals surface area contributed by atoms with Crippen molar-refractivity contribution < 1.29 is 9.32 Å². The Morgan fingerprint density at radius 3 is 3.04 bits per heavy atom. The molecule has 3 heterocycles. The van der Waals surface area contributed by atoms with Crippen molar-refractivity contribution in [1.29, 1.82) is 0 Å². The van der Waals surface area contributed by atoms with Crippen LogP contribution in [-0.2, 0) is 6.54 Å². The van der Waals surface area contributed by atoms with E-state index in [0.717, 1.165) is 17.1 Å². The monoisotopic (exact) mass is 331 g/mol. The van der Waals surface area contributed by atoms with Gasteiger partial charge in [0.1, 0.15) is 0 Å². The summed E-state index contributed by atoms with van der Waals surface area (Å²) in [6.45, 7) is 5.23. The number of amides is 1. The van der Waals surface area contributed by atoms with Crippen LogP contribution in [0.3, 0.4) is 0 Å². The maximum Gasteiger partial charge on any atom is 0.316 e.